The van der Waals surface area contributed by atoms with Crippen LogP contribution in [0.1, 0.15) is 341 Å². The van der Waals surface area contributed by atoms with Gasteiger partial charge in [0, 0.05) is 19.4 Å². The standard InChI is InChI=1S/C78H138NO8P/c1-3-5-7-9-11-13-15-17-19-21-23-25-27-29-31-33-35-36-37-38-39-41-42-44-46-48-50-52-54-56-58-60-62-64-66-68-70-77(80)84-74-76(75-86-88(82,83)85-73-72-79)87-78(81)71-69-67-65-63-61-59-57-55-53-51-49-47-45-43-40-34-32-30-28-26-24-22-20-18-16-14-12-10-8-6-4-2/h6,8,12,14,18,20,24,26,30,32,40,43,47,49,53,55,59,61,76H,3-5,7,9-11,13,15-17,19,21-23,25,27-29,31,33-39,41-42,44-46,48,50-52,54,56-58,60,62-75,79H2,1-2H3,(H,82,83)/b8-6-,14-12-,20-18-,26-24-,32-30-,43-40-,49-47-,55-53-,61-59-. The summed E-state index contributed by atoms with van der Waals surface area (Å²) in [5.74, 6) is -0.860. The lowest BCUT2D eigenvalue weighted by Gasteiger charge is -2.19. The van der Waals surface area contributed by atoms with E-state index in [1.54, 1.807) is 0 Å². The average Bonchev–Trinajstić information content (AvgIpc) is 3.71. The lowest BCUT2D eigenvalue weighted by molar-refractivity contribution is -0.161. The van der Waals surface area contributed by atoms with Gasteiger partial charge in [-0.3, -0.25) is 18.6 Å². The van der Waals surface area contributed by atoms with Gasteiger partial charge in [0.15, 0.2) is 6.10 Å². The van der Waals surface area contributed by atoms with Crippen molar-refractivity contribution >= 4 is 19.8 Å². The Bertz CT molecular complexity index is 1810. The minimum Gasteiger partial charge on any atom is -0.462 e. The first-order chi connectivity index (χ1) is 43.3. The second kappa shape index (κ2) is 72.7. The maximum atomic E-state index is 12.8. The van der Waals surface area contributed by atoms with Gasteiger partial charge in [-0.1, -0.05) is 354 Å². The molecular formula is C78H138NO8P. The molecule has 0 saturated carbocycles. The van der Waals surface area contributed by atoms with E-state index in [4.69, 9.17) is 24.3 Å². The zero-order valence-electron chi connectivity index (χ0n) is 57.2. The van der Waals surface area contributed by atoms with Crippen LogP contribution in [0.5, 0.6) is 0 Å². The van der Waals surface area contributed by atoms with Crippen LogP contribution in [0.25, 0.3) is 0 Å². The van der Waals surface area contributed by atoms with Crippen molar-refractivity contribution in [3.8, 4) is 0 Å². The molecular weight excluding hydrogens is 1110 g/mol. The van der Waals surface area contributed by atoms with E-state index in [1.807, 2.05) is 0 Å². The van der Waals surface area contributed by atoms with Crippen molar-refractivity contribution in [2.24, 2.45) is 5.73 Å². The van der Waals surface area contributed by atoms with Crippen LogP contribution in [-0.2, 0) is 32.7 Å². The number of nitrogens with two attached hydrogens (primary N) is 1. The molecule has 0 aliphatic carbocycles. The lowest BCUT2D eigenvalue weighted by atomic mass is 10.0. The van der Waals surface area contributed by atoms with Crippen molar-refractivity contribution in [1.82, 2.24) is 0 Å². The molecule has 0 spiro atoms. The zero-order valence-corrected chi connectivity index (χ0v) is 58.1. The van der Waals surface area contributed by atoms with E-state index in [0.717, 1.165) is 96.3 Å². The molecule has 0 radical (unpaired) electrons. The molecule has 0 amide bonds. The van der Waals surface area contributed by atoms with E-state index in [2.05, 4.69) is 123 Å². The summed E-state index contributed by atoms with van der Waals surface area (Å²) in [5, 5.41) is 0. The van der Waals surface area contributed by atoms with E-state index >= 15 is 0 Å². The summed E-state index contributed by atoms with van der Waals surface area (Å²) in [7, 11) is -4.41. The Labute approximate surface area is 543 Å². The Morgan fingerprint density at radius 3 is 0.932 bits per heavy atom. The molecule has 0 rings (SSSR count). The average molecular weight is 1250 g/mol. The second-order valence-electron chi connectivity index (χ2n) is 24.4. The monoisotopic (exact) mass is 1250 g/mol. The molecule has 9 nitrogen and oxygen atoms in total. The third-order valence-corrected chi connectivity index (χ3v) is 16.9. The number of phosphoric ester groups is 1. The van der Waals surface area contributed by atoms with Gasteiger partial charge in [-0.05, 0) is 83.5 Å². The summed E-state index contributed by atoms with van der Waals surface area (Å²) < 4.78 is 33.2. The molecule has 0 aliphatic heterocycles. The number of carbonyl (C=O) groups is 2. The highest BCUT2D eigenvalue weighted by atomic mass is 31.2. The maximum Gasteiger partial charge on any atom is 0.472 e. The van der Waals surface area contributed by atoms with Crippen LogP contribution in [0, 0.1) is 0 Å². The van der Waals surface area contributed by atoms with Gasteiger partial charge in [-0.2, -0.15) is 0 Å². The predicted octanol–water partition coefficient (Wildman–Crippen LogP) is 24.5. The van der Waals surface area contributed by atoms with E-state index in [9.17, 15) is 19.0 Å². The van der Waals surface area contributed by atoms with Crippen LogP contribution >= 0.6 is 7.82 Å². The minimum absolute atomic E-state index is 0.0433. The van der Waals surface area contributed by atoms with Crippen molar-refractivity contribution in [2.75, 3.05) is 26.4 Å². The second-order valence-corrected chi connectivity index (χ2v) is 25.9. The maximum absolute atomic E-state index is 12.8. The van der Waals surface area contributed by atoms with Gasteiger partial charge in [-0.15, -0.1) is 0 Å². The van der Waals surface area contributed by atoms with Gasteiger partial charge in [0.25, 0.3) is 0 Å². The van der Waals surface area contributed by atoms with Gasteiger partial charge in [0.2, 0.25) is 0 Å². The highest BCUT2D eigenvalue weighted by Crippen LogP contribution is 2.43. The Morgan fingerprint density at radius 2 is 0.625 bits per heavy atom. The van der Waals surface area contributed by atoms with Crippen LogP contribution in [0.2, 0.25) is 0 Å². The van der Waals surface area contributed by atoms with Crippen LogP contribution in [0.3, 0.4) is 0 Å². The summed E-state index contributed by atoms with van der Waals surface area (Å²) in [6, 6.07) is 0. The molecule has 3 N–H and O–H groups in total. The molecule has 2 atom stereocenters. The van der Waals surface area contributed by atoms with E-state index in [1.165, 1.54) is 212 Å². The van der Waals surface area contributed by atoms with Gasteiger partial charge in [0.05, 0.1) is 13.2 Å². The third kappa shape index (κ3) is 71.7. The largest absolute Gasteiger partial charge is 0.472 e. The minimum atomic E-state index is -4.41. The van der Waals surface area contributed by atoms with Crippen LogP contribution in [0.15, 0.2) is 109 Å². The molecule has 0 aromatic heterocycles. The number of esters is 2. The molecule has 88 heavy (non-hydrogen) atoms. The zero-order chi connectivity index (χ0) is 63.7. The van der Waals surface area contributed by atoms with Gasteiger partial charge < -0.3 is 20.1 Å². The Morgan fingerprint density at radius 1 is 0.352 bits per heavy atom. The van der Waals surface area contributed by atoms with Crippen molar-refractivity contribution < 1.29 is 37.6 Å². The fraction of sp³-hybridized carbons (Fsp3) is 0.744. The molecule has 508 valence electrons. The van der Waals surface area contributed by atoms with E-state index in [0.29, 0.717) is 6.42 Å². The lowest BCUT2D eigenvalue weighted by Crippen LogP contribution is -2.29. The number of hydrogen-bond donors (Lipinski definition) is 2. The number of allylic oxidation sites excluding steroid dienone is 18. The molecule has 0 aliphatic rings. The van der Waals surface area contributed by atoms with Crippen molar-refractivity contribution in [2.45, 2.75) is 347 Å². The molecule has 10 heteroatoms. The third-order valence-electron chi connectivity index (χ3n) is 15.9. The molecule has 0 heterocycles. The van der Waals surface area contributed by atoms with Crippen molar-refractivity contribution in [1.29, 1.82) is 0 Å². The molecule has 0 fully saturated rings. The van der Waals surface area contributed by atoms with Gasteiger partial charge >= 0.3 is 19.8 Å². The number of rotatable bonds is 69. The summed E-state index contributed by atoms with van der Waals surface area (Å²) in [6.45, 7) is 3.63. The summed E-state index contributed by atoms with van der Waals surface area (Å²) in [4.78, 5) is 35.4. The fourth-order valence-corrected chi connectivity index (χ4v) is 11.3. The number of unbranched alkanes of at least 4 members (excludes halogenated alkanes) is 38. The normalized spacial score (nSPS) is 13.5. The number of hydrogen-bond acceptors (Lipinski definition) is 8. The smallest absolute Gasteiger partial charge is 0.462 e. The SMILES string of the molecule is CC/C=C\C/C=C\C/C=C\C/C=C\C/C=C\C/C=C\C/C=C\C/C=C\C/C=C\CCCCCC(=O)OC(COC(=O)CCCCCCCCCCCCCCCCCCCCCCCCCCCCCCCCCCCCCC)COP(=O)(O)OCCN. The highest BCUT2D eigenvalue weighted by Gasteiger charge is 2.26. The molecule has 2 unspecified atom stereocenters. The topological polar surface area (TPSA) is 134 Å². The number of phosphoric acid groups is 1. The predicted molar refractivity (Wildman–Crippen MR) is 381 cm³/mol. The summed E-state index contributed by atoms with van der Waals surface area (Å²) in [5.41, 5.74) is 5.40. The van der Waals surface area contributed by atoms with Crippen molar-refractivity contribution in [3.05, 3.63) is 109 Å². The van der Waals surface area contributed by atoms with E-state index in [-0.39, 0.29) is 38.6 Å². The number of ether oxygens (including phenoxy) is 2. The first kappa shape index (κ1) is 84.7. The Balaban J connectivity index is 3.90. The van der Waals surface area contributed by atoms with Crippen LogP contribution < -0.4 is 5.73 Å². The molecule has 0 bridgehead atoms. The highest BCUT2D eigenvalue weighted by molar-refractivity contribution is 7.47. The molecule has 0 aromatic rings. The van der Waals surface area contributed by atoms with E-state index < -0.39 is 26.5 Å². The first-order valence-electron chi connectivity index (χ1n) is 36.9. The quantitative estimate of drug-likeness (QED) is 0.0264. The first-order valence-corrected chi connectivity index (χ1v) is 38.4. The van der Waals surface area contributed by atoms with Crippen LogP contribution in [0.4, 0.5) is 0 Å². The van der Waals surface area contributed by atoms with Gasteiger partial charge in [-0.25, -0.2) is 4.57 Å². The Hall–Kier alpha value is -3.33. The fourth-order valence-electron chi connectivity index (χ4n) is 10.5. The van der Waals surface area contributed by atoms with Crippen molar-refractivity contribution in [3.63, 3.8) is 0 Å². The Kier molecular flexibility index (Phi) is 70.0. The molecule has 0 saturated heterocycles. The molecule has 0 aromatic carbocycles. The summed E-state index contributed by atoms with van der Waals surface area (Å²) in [6.07, 6.45) is 101. The number of carbonyl (C=O) groups excluding carboxylic acids is 2. The van der Waals surface area contributed by atoms with Gasteiger partial charge in [0.1, 0.15) is 6.61 Å². The van der Waals surface area contributed by atoms with Crippen LogP contribution in [-0.4, -0.2) is 49.3 Å². The summed E-state index contributed by atoms with van der Waals surface area (Å²) >= 11 is 0.